The van der Waals surface area contributed by atoms with Gasteiger partial charge in [0.25, 0.3) is 5.67 Å². The highest BCUT2D eigenvalue weighted by molar-refractivity contribution is 4.94. The van der Waals surface area contributed by atoms with E-state index in [0.29, 0.717) is 0 Å². The Morgan fingerprint density at radius 1 is 0.875 bits per heavy atom. The van der Waals surface area contributed by atoms with Crippen molar-refractivity contribution in [1.29, 1.82) is 0 Å². The molecule has 98 valence electrons. The molecule has 1 unspecified atom stereocenters. The maximum absolute atomic E-state index is 13.4. The van der Waals surface area contributed by atoms with Crippen LogP contribution < -0.4 is 0 Å². The van der Waals surface area contributed by atoms with Crippen LogP contribution in [0.2, 0.25) is 0 Å². The third-order valence-electron chi connectivity index (χ3n) is 1.99. The second-order valence-electron chi connectivity index (χ2n) is 3.41. The summed E-state index contributed by atoms with van der Waals surface area (Å²) >= 11 is 0. The van der Waals surface area contributed by atoms with Crippen LogP contribution in [0.3, 0.4) is 0 Å². The minimum absolute atomic E-state index is 0.0790. The zero-order chi connectivity index (χ0) is 13.0. The van der Waals surface area contributed by atoms with Gasteiger partial charge in [-0.05, 0) is 12.8 Å². The Bertz CT molecular complexity index is 215. The average Bonchev–Trinajstić information content (AvgIpc) is 2.13. The summed E-state index contributed by atoms with van der Waals surface area (Å²) in [6.45, 7) is 2.00. The van der Waals surface area contributed by atoms with Crippen LogP contribution in [0.25, 0.3) is 0 Å². The molecule has 0 bridgehead atoms. The first-order valence-corrected chi connectivity index (χ1v) is 4.89. The van der Waals surface area contributed by atoms with Gasteiger partial charge in [-0.3, -0.25) is 0 Å². The Balaban J connectivity index is 5.02. The molecule has 0 aromatic heterocycles. The van der Waals surface area contributed by atoms with Crippen LogP contribution in [0, 0.1) is 0 Å². The summed E-state index contributed by atoms with van der Waals surface area (Å²) in [7, 11) is 0. The van der Waals surface area contributed by atoms with Crippen molar-refractivity contribution >= 4 is 0 Å². The van der Waals surface area contributed by atoms with Crippen molar-refractivity contribution in [3.05, 3.63) is 0 Å². The third kappa shape index (κ3) is 3.02. The van der Waals surface area contributed by atoms with Crippen molar-refractivity contribution in [2.45, 2.75) is 51.1 Å². The van der Waals surface area contributed by atoms with Crippen LogP contribution in [-0.4, -0.2) is 24.6 Å². The van der Waals surface area contributed by atoms with Crippen LogP contribution in [0.1, 0.15) is 33.1 Å². The SMILES string of the molecule is CCCOC(F)(F)C(F)(CCC)C(F)(F)F. The van der Waals surface area contributed by atoms with E-state index in [0.717, 1.165) is 0 Å². The number of alkyl halides is 6. The van der Waals surface area contributed by atoms with E-state index in [4.69, 9.17) is 0 Å². The smallest absolute Gasteiger partial charge is 0.318 e. The lowest BCUT2D eigenvalue weighted by Crippen LogP contribution is -2.56. The normalized spacial score (nSPS) is 17.2. The quantitative estimate of drug-likeness (QED) is 0.647. The molecule has 1 atom stereocenters. The fourth-order valence-electron chi connectivity index (χ4n) is 1.14. The van der Waals surface area contributed by atoms with Gasteiger partial charge < -0.3 is 4.74 Å². The molecule has 0 N–H and O–H groups in total. The van der Waals surface area contributed by atoms with Gasteiger partial charge >= 0.3 is 12.3 Å². The van der Waals surface area contributed by atoms with Crippen LogP contribution >= 0.6 is 0 Å². The van der Waals surface area contributed by atoms with E-state index in [1.54, 1.807) is 0 Å². The summed E-state index contributed by atoms with van der Waals surface area (Å²) in [5.41, 5.74) is -4.62. The monoisotopic (exact) mass is 252 g/mol. The summed E-state index contributed by atoms with van der Waals surface area (Å²) in [5.74, 6) is 0. The van der Waals surface area contributed by atoms with Crippen molar-refractivity contribution in [3.63, 3.8) is 0 Å². The molecule has 16 heavy (non-hydrogen) atoms. The number of hydrogen-bond donors (Lipinski definition) is 0. The third-order valence-corrected chi connectivity index (χ3v) is 1.99. The van der Waals surface area contributed by atoms with Gasteiger partial charge in [0.15, 0.2) is 0 Å². The highest BCUT2D eigenvalue weighted by Gasteiger charge is 2.71. The molecular formula is C9H14F6O. The van der Waals surface area contributed by atoms with E-state index in [-0.39, 0.29) is 12.8 Å². The number of ether oxygens (including phenoxy) is 1. The van der Waals surface area contributed by atoms with Crippen molar-refractivity contribution < 1.29 is 31.1 Å². The molecule has 0 aromatic carbocycles. The van der Waals surface area contributed by atoms with Crippen LogP contribution in [0.5, 0.6) is 0 Å². The van der Waals surface area contributed by atoms with Crippen molar-refractivity contribution in [1.82, 2.24) is 0 Å². The first-order valence-electron chi connectivity index (χ1n) is 4.89. The average molecular weight is 252 g/mol. The summed E-state index contributed by atoms with van der Waals surface area (Å²) in [6, 6.07) is 0. The molecule has 0 aromatic rings. The molecule has 1 nitrogen and oxygen atoms in total. The lowest BCUT2D eigenvalue weighted by atomic mass is 9.98. The van der Waals surface area contributed by atoms with Crippen molar-refractivity contribution in [2.75, 3.05) is 6.61 Å². The van der Waals surface area contributed by atoms with Gasteiger partial charge in [0, 0.05) is 0 Å². The summed E-state index contributed by atoms with van der Waals surface area (Å²) in [5, 5.41) is 0. The zero-order valence-electron chi connectivity index (χ0n) is 9.00. The fraction of sp³-hybridized carbons (Fsp3) is 1.00. The molecule has 7 heteroatoms. The molecule has 0 aliphatic rings. The van der Waals surface area contributed by atoms with Crippen LogP contribution in [0.4, 0.5) is 26.3 Å². The van der Waals surface area contributed by atoms with Gasteiger partial charge in [-0.25, -0.2) is 4.39 Å². The second kappa shape index (κ2) is 5.25. The largest absolute Gasteiger partial charge is 0.431 e. The molecule has 0 fully saturated rings. The van der Waals surface area contributed by atoms with E-state index in [9.17, 15) is 26.3 Å². The molecular weight excluding hydrogens is 238 g/mol. The van der Waals surface area contributed by atoms with E-state index < -0.39 is 31.0 Å². The van der Waals surface area contributed by atoms with E-state index in [1.807, 2.05) is 0 Å². The second-order valence-corrected chi connectivity index (χ2v) is 3.41. The molecule has 0 spiro atoms. The molecule has 0 rings (SSSR count). The minimum Gasteiger partial charge on any atom is -0.318 e. The van der Waals surface area contributed by atoms with Crippen molar-refractivity contribution in [2.24, 2.45) is 0 Å². The summed E-state index contributed by atoms with van der Waals surface area (Å²) in [4.78, 5) is 0. The Labute approximate surface area is 89.8 Å². The predicted octanol–water partition coefficient (Wildman–Crippen LogP) is 4.08. The fourth-order valence-corrected chi connectivity index (χ4v) is 1.14. The topological polar surface area (TPSA) is 9.23 Å². The number of rotatable bonds is 6. The lowest BCUT2D eigenvalue weighted by molar-refractivity contribution is -0.384. The molecule has 0 heterocycles. The van der Waals surface area contributed by atoms with E-state index in [2.05, 4.69) is 4.74 Å². The van der Waals surface area contributed by atoms with Gasteiger partial charge in [-0.15, -0.1) is 0 Å². The first kappa shape index (κ1) is 15.5. The highest BCUT2D eigenvalue weighted by Crippen LogP contribution is 2.48. The standard InChI is InChI=1S/C9H14F6O/c1-3-5-7(10,8(11,12)13)9(14,15)16-6-4-2/h3-6H2,1-2H3. The molecule has 0 aliphatic heterocycles. The highest BCUT2D eigenvalue weighted by atomic mass is 19.4. The Hall–Kier alpha value is -0.460. The Morgan fingerprint density at radius 2 is 1.38 bits per heavy atom. The van der Waals surface area contributed by atoms with Gasteiger partial charge in [0.1, 0.15) is 0 Å². The van der Waals surface area contributed by atoms with E-state index in [1.165, 1.54) is 13.8 Å². The molecule has 0 saturated carbocycles. The molecule has 0 radical (unpaired) electrons. The number of hydrogen-bond acceptors (Lipinski definition) is 1. The maximum Gasteiger partial charge on any atom is 0.431 e. The predicted molar refractivity (Wildman–Crippen MR) is 46.0 cm³/mol. The first-order chi connectivity index (χ1) is 7.12. The minimum atomic E-state index is -5.65. The van der Waals surface area contributed by atoms with Crippen LogP contribution in [0.15, 0.2) is 0 Å². The lowest BCUT2D eigenvalue weighted by Gasteiger charge is -2.34. The Kier molecular flexibility index (Phi) is 5.10. The summed E-state index contributed by atoms with van der Waals surface area (Å²) < 4.78 is 80.0. The number of halogens is 6. The van der Waals surface area contributed by atoms with Gasteiger partial charge in [0.05, 0.1) is 6.61 Å². The molecule has 0 aliphatic carbocycles. The van der Waals surface area contributed by atoms with Gasteiger partial charge in [-0.2, -0.15) is 22.0 Å². The van der Waals surface area contributed by atoms with Gasteiger partial charge in [-0.1, -0.05) is 20.3 Å². The van der Waals surface area contributed by atoms with E-state index >= 15 is 0 Å². The Morgan fingerprint density at radius 3 is 1.69 bits per heavy atom. The van der Waals surface area contributed by atoms with Crippen molar-refractivity contribution in [3.8, 4) is 0 Å². The maximum atomic E-state index is 13.4. The zero-order valence-corrected chi connectivity index (χ0v) is 9.00. The summed E-state index contributed by atoms with van der Waals surface area (Å²) in [6.07, 6.45) is -12.1. The molecule has 0 amide bonds. The van der Waals surface area contributed by atoms with Crippen LogP contribution in [-0.2, 0) is 4.74 Å². The molecule has 0 saturated heterocycles. The van der Waals surface area contributed by atoms with Gasteiger partial charge in [0.2, 0.25) is 0 Å².